The summed E-state index contributed by atoms with van der Waals surface area (Å²) < 4.78 is 18.9. The standard InChI is InChI=1S/C11H12FN3O/c1-7-2-3-8(9(12)6-7)11-15-14-10(16-11)4-5-13/h2-3,6H,4-5,13H2,1H3. The molecule has 0 unspecified atom stereocenters. The maximum atomic E-state index is 13.6. The summed E-state index contributed by atoms with van der Waals surface area (Å²) in [5.74, 6) is 0.265. The topological polar surface area (TPSA) is 64.9 Å². The zero-order valence-corrected chi connectivity index (χ0v) is 8.90. The van der Waals surface area contributed by atoms with Gasteiger partial charge in [-0.1, -0.05) is 6.07 Å². The van der Waals surface area contributed by atoms with Crippen molar-refractivity contribution in [1.29, 1.82) is 0 Å². The molecule has 0 spiro atoms. The van der Waals surface area contributed by atoms with Crippen LogP contribution in [-0.2, 0) is 6.42 Å². The van der Waals surface area contributed by atoms with E-state index < -0.39 is 0 Å². The molecule has 16 heavy (non-hydrogen) atoms. The van der Waals surface area contributed by atoms with Gasteiger partial charge >= 0.3 is 0 Å². The monoisotopic (exact) mass is 221 g/mol. The van der Waals surface area contributed by atoms with Crippen molar-refractivity contribution in [1.82, 2.24) is 10.2 Å². The Balaban J connectivity index is 2.35. The molecular formula is C11H12FN3O. The molecule has 2 N–H and O–H groups in total. The first-order chi connectivity index (χ1) is 7.70. The summed E-state index contributed by atoms with van der Waals surface area (Å²) in [7, 11) is 0. The molecule has 0 saturated heterocycles. The van der Waals surface area contributed by atoms with Gasteiger partial charge in [-0.25, -0.2) is 4.39 Å². The average Bonchev–Trinajstić information content (AvgIpc) is 2.67. The lowest BCUT2D eigenvalue weighted by atomic mass is 10.1. The number of rotatable bonds is 3. The van der Waals surface area contributed by atoms with Crippen LogP contribution in [0.3, 0.4) is 0 Å². The van der Waals surface area contributed by atoms with E-state index in [1.165, 1.54) is 6.07 Å². The van der Waals surface area contributed by atoms with E-state index in [1.807, 2.05) is 6.92 Å². The number of nitrogens with two attached hydrogens (primary N) is 1. The normalized spacial score (nSPS) is 10.7. The second-order valence-corrected chi connectivity index (χ2v) is 3.52. The number of benzene rings is 1. The summed E-state index contributed by atoms with van der Waals surface area (Å²) in [6.07, 6.45) is 0.500. The summed E-state index contributed by atoms with van der Waals surface area (Å²) in [5.41, 5.74) is 6.53. The highest BCUT2D eigenvalue weighted by molar-refractivity contribution is 5.54. The van der Waals surface area contributed by atoms with E-state index in [1.54, 1.807) is 12.1 Å². The van der Waals surface area contributed by atoms with Gasteiger partial charge in [0.05, 0.1) is 5.56 Å². The molecule has 5 heteroatoms. The van der Waals surface area contributed by atoms with Crippen molar-refractivity contribution in [3.05, 3.63) is 35.5 Å². The zero-order chi connectivity index (χ0) is 11.5. The number of hydrogen-bond donors (Lipinski definition) is 1. The van der Waals surface area contributed by atoms with Gasteiger partial charge in [-0.2, -0.15) is 0 Å². The highest BCUT2D eigenvalue weighted by Gasteiger charge is 2.12. The molecule has 2 aromatic rings. The molecule has 1 aromatic carbocycles. The minimum absolute atomic E-state index is 0.195. The number of aromatic nitrogens is 2. The first-order valence-electron chi connectivity index (χ1n) is 4.99. The molecule has 0 saturated carbocycles. The summed E-state index contributed by atoms with van der Waals surface area (Å²) in [6, 6.07) is 4.86. The molecule has 0 atom stereocenters. The molecule has 0 aliphatic carbocycles. The van der Waals surface area contributed by atoms with Crippen LogP contribution in [0, 0.1) is 12.7 Å². The largest absolute Gasteiger partial charge is 0.421 e. The lowest BCUT2D eigenvalue weighted by molar-refractivity contribution is 0.503. The smallest absolute Gasteiger partial charge is 0.250 e. The van der Waals surface area contributed by atoms with Crippen molar-refractivity contribution in [2.45, 2.75) is 13.3 Å². The molecule has 2 rings (SSSR count). The third-order valence-electron chi connectivity index (χ3n) is 2.18. The Morgan fingerprint density at radius 3 is 2.88 bits per heavy atom. The van der Waals surface area contributed by atoms with Gasteiger partial charge in [0.1, 0.15) is 5.82 Å². The molecule has 4 nitrogen and oxygen atoms in total. The predicted octanol–water partition coefficient (Wildman–Crippen LogP) is 1.69. The predicted molar refractivity (Wildman–Crippen MR) is 57.2 cm³/mol. The van der Waals surface area contributed by atoms with E-state index in [0.717, 1.165) is 5.56 Å². The van der Waals surface area contributed by atoms with Crippen molar-refractivity contribution in [3.8, 4) is 11.5 Å². The van der Waals surface area contributed by atoms with Crippen LogP contribution in [0.15, 0.2) is 22.6 Å². The fourth-order valence-corrected chi connectivity index (χ4v) is 1.38. The van der Waals surface area contributed by atoms with Crippen LogP contribution in [0.1, 0.15) is 11.5 Å². The van der Waals surface area contributed by atoms with Gasteiger partial charge in [0.25, 0.3) is 5.89 Å². The van der Waals surface area contributed by atoms with Gasteiger partial charge < -0.3 is 10.2 Å². The van der Waals surface area contributed by atoms with E-state index in [4.69, 9.17) is 10.2 Å². The van der Waals surface area contributed by atoms with Crippen LogP contribution in [0.25, 0.3) is 11.5 Å². The van der Waals surface area contributed by atoms with E-state index in [2.05, 4.69) is 10.2 Å². The number of hydrogen-bond acceptors (Lipinski definition) is 4. The van der Waals surface area contributed by atoms with Gasteiger partial charge in [0.2, 0.25) is 5.89 Å². The third-order valence-corrected chi connectivity index (χ3v) is 2.18. The lowest BCUT2D eigenvalue weighted by Crippen LogP contribution is -2.02. The van der Waals surface area contributed by atoms with Gasteiger partial charge in [-0.15, -0.1) is 10.2 Å². The maximum absolute atomic E-state index is 13.6. The molecule has 84 valence electrons. The highest BCUT2D eigenvalue weighted by atomic mass is 19.1. The molecule has 1 aromatic heterocycles. The molecule has 0 amide bonds. The minimum atomic E-state index is -0.358. The lowest BCUT2D eigenvalue weighted by Gasteiger charge is -1.98. The highest BCUT2D eigenvalue weighted by Crippen LogP contribution is 2.22. The Morgan fingerprint density at radius 1 is 1.38 bits per heavy atom. The molecule has 0 aliphatic rings. The summed E-state index contributed by atoms with van der Waals surface area (Å²) in [4.78, 5) is 0. The van der Waals surface area contributed by atoms with E-state index in [-0.39, 0.29) is 11.7 Å². The van der Waals surface area contributed by atoms with Gasteiger partial charge in [-0.3, -0.25) is 0 Å². The fraction of sp³-hybridized carbons (Fsp3) is 0.273. The van der Waals surface area contributed by atoms with E-state index >= 15 is 0 Å². The van der Waals surface area contributed by atoms with Crippen molar-refractivity contribution < 1.29 is 8.81 Å². The van der Waals surface area contributed by atoms with Gasteiger partial charge in [0.15, 0.2) is 0 Å². The van der Waals surface area contributed by atoms with Crippen LogP contribution < -0.4 is 5.73 Å². The summed E-state index contributed by atoms with van der Waals surface area (Å²) in [5, 5.41) is 7.57. The number of nitrogens with zero attached hydrogens (tertiary/aromatic N) is 2. The zero-order valence-electron chi connectivity index (χ0n) is 8.90. The molecule has 0 radical (unpaired) electrons. The first kappa shape index (κ1) is 10.8. The molecule has 1 heterocycles. The van der Waals surface area contributed by atoms with Crippen LogP contribution in [0.2, 0.25) is 0 Å². The number of aryl methyl sites for hydroxylation is 1. The van der Waals surface area contributed by atoms with Gasteiger partial charge in [-0.05, 0) is 24.6 Å². The van der Waals surface area contributed by atoms with Crippen LogP contribution in [0.5, 0.6) is 0 Å². The SMILES string of the molecule is Cc1ccc(-c2nnc(CCN)o2)c(F)c1. The Labute approximate surface area is 92.3 Å². The van der Waals surface area contributed by atoms with Crippen LogP contribution >= 0.6 is 0 Å². The minimum Gasteiger partial charge on any atom is -0.421 e. The van der Waals surface area contributed by atoms with Crippen LogP contribution in [0.4, 0.5) is 4.39 Å². The van der Waals surface area contributed by atoms with Crippen molar-refractivity contribution in [3.63, 3.8) is 0 Å². The fourth-order valence-electron chi connectivity index (χ4n) is 1.38. The Morgan fingerprint density at radius 2 is 2.19 bits per heavy atom. The second-order valence-electron chi connectivity index (χ2n) is 3.52. The molecule has 0 fully saturated rings. The molecular weight excluding hydrogens is 209 g/mol. The maximum Gasteiger partial charge on any atom is 0.250 e. The number of halogens is 1. The van der Waals surface area contributed by atoms with Crippen molar-refractivity contribution in [2.75, 3.05) is 6.54 Å². The van der Waals surface area contributed by atoms with Gasteiger partial charge in [0, 0.05) is 13.0 Å². The Bertz CT molecular complexity index is 496. The summed E-state index contributed by atoms with van der Waals surface area (Å²) >= 11 is 0. The van der Waals surface area contributed by atoms with E-state index in [9.17, 15) is 4.39 Å². The molecule has 0 bridgehead atoms. The van der Waals surface area contributed by atoms with Crippen molar-refractivity contribution in [2.24, 2.45) is 5.73 Å². The van der Waals surface area contributed by atoms with Crippen LogP contribution in [-0.4, -0.2) is 16.7 Å². The second kappa shape index (κ2) is 4.40. The Hall–Kier alpha value is -1.75. The first-order valence-corrected chi connectivity index (χ1v) is 4.99. The van der Waals surface area contributed by atoms with Crippen molar-refractivity contribution >= 4 is 0 Å². The third kappa shape index (κ3) is 2.09. The average molecular weight is 221 g/mol. The Kier molecular flexibility index (Phi) is 2.96. The molecule has 0 aliphatic heterocycles. The summed E-state index contributed by atoms with van der Waals surface area (Å²) in [6.45, 7) is 2.25. The quantitative estimate of drug-likeness (QED) is 0.856. The van der Waals surface area contributed by atoms with E-state index in [0.29, 0.717) is 24.4 Å².